The van der Waals surface area contributed by atoms with Gasteiger partial charge in [0.05, 0.1) is 6.04 Å². The number of rotatable bonds is 2. The van der Waals surface area contributed by atoms with Crippen LogP contribution in [0.15, 0.2) is 54.6 Å². The summed E-state index contributed by atoms with van der Waals surface area (Å²) in [6.07, 6.45) is 1.18. The first kappa shape index (κ1) is 10.4. The van der Waals surface area contributed by atoms with Gasteiger partial charge in [-0.2, -0.15) is 0 Å². The third-order valence-corrected chi connectivity index (χ3v) is 3.60. The lowest BCUT2D eigenvalue weighted by atomic mass is 10.0. The highest BCUT2D eigenvalue weighted by molar-refractivity contribution is 5.48. The molecule has 3 rings (SSSR count). The van der Waals surface area contributed by atoms with Crippen molar-refractivity contribution in [2.75, 3.05) is 5.32 Å². The van der Waals surface area contributed by atoms with Crippen molar-refractivity contribution in [3.8, 4) is 0 Å². The Balaban J connectivity index is 1.89. The molecule has 0 aromatic heterocycles. The molecule has 2 aromatic carbocycles. The maximum Gasteiger partial charge on any atom is 0.0545 e. The summed E-state index contributed by atoms with van der Waals surface area (Å²) in [7, 11) is 0. The summed E-state index contributed by atoms with van der Waals surface area (Å²) in [6, 6.07) is 19.7. The number of para-hydroxylation sites is 1. The standard InChI is InChI=1S/C16H17N/c1-12-11-13-7-5-6-10-15(13)16(12)17-14-8-3-2-4-9-14/h2-10,12,16-17H,11H2,1H3/t12-,16-/m0/s1. The Morgan fingerprint density at radius 3 is 2.47 bits per heavy atom. The monoisotopic (exact) mass is 223 g/mol. The second-order valence-corrected chi connectivity index (χ2v) is 4.87. The SMILES string of the molecule is C[C@H]1Cc2ccccc2[C@H]1Nc1ccccc1. The number of hydrogen-bond acceptors (Lipinski definition) is 1. The van der Waals surface area contributed by atoms with E-state index >= 15 is 0 Å². The predicted octanol–water partition coefficient (Wildman–Crippen LogP) is 4.03. The van der Waals surface area contributed by atoms with Crippen molar-refractivity contribution in [3.63, 3.8) is 0 Å². The first-order valence-electron chi connectivity index (χ1n) is 6.24. The summed E-state index contributed by atoms with van der Waals surface area (Å²) >= 11 is 0. The molecule has 0 fully saturated rings. The molecule has 0 spiro atoms. The average molecular weight is 223 g/mol. The molecule has 0 saturated carbocycles. The van der Waals surface area contributed by atoms with Crippen molar-refractivity contribution in [3.05, 3.63) is 65.7 Å². The summed E-state index contributed by atoms with van der Waals surface area (Å²) in [5.74, 6) is 0.660. The summed E-state index contributed by atoms with van der Waals surface area (Å²) in [6.45, 7) is 2.32. The van der Waals surface area contributed by atoms with Crippen molar-refractivity contribution < 1.29 is 0 Å². The Bertz CT molecular complexity index is 504. The summed E-state index contributed by atoms with van der Waals surface area (Å²) in [5.41, 5.74) is 4.17. The average Bonchev–Trinajstić information content (AvgIpc) is 2.68. The maximum absolute atomic E-state index is 3.65. The predicted molar refractivity (Wildman–Crippen MR) is 72.1 cm³/mol. The maximum atomic E-state index is 3.65. The molecule has 0 radical (unpaired) electrons. The van der Waals surface area contributed by atoms with Crippen molar-refractivity contribution in [2.24, 2.45) is 5.92 Å². The van der Waals surface area contributed by atoms with E-state index < -0.39 is 0 Å². The van der Waals surface area contributed by atoms with Gasteiger partial charge in [0.1, 0.15) is 0 Å². The highest BCUT2D eigenvalue weighted by atomic mass is 14.9. The smallest absolute Gasteiger partial charge is 0.0545 e. The van der Waals surface area contributed by atoms with Gasteiger partial charge in [-0.15, -0.1) is 0 Å². The molecule has 1 aliphatic rings. The molecule has 1 aliphatic carbocycles. The second-order valence-electron chi connectivity index (χ2n) is 4.87. The zero-order chi connectivity index (χ0) is 11.7. The minimum atomic E-state index is 0.452. The van der Waals surface area contributed by atoms with Crippen molar-refractivity contribution in [1.82, 2.24) is 0 Å². The van der Waals surface area contributed by atoms with Crippen LogP contribution in [-0.2, 0) is 6.42 Å². The van der Waals surface area contributed by atoms with Crippen LogP contribution in [0.5, 0.6) is 0 Å². The minimum Gasteiger partial charge on any atom is -0.378 e. The second kappa shape index (κ2) is 4.25. The van der Waals surface area contributed by atoms with Gasteiger partial charge in [0.25, 0.3) is 0 Å². The largest absolute Gasteiger partial charge is 0.378 e. The van der Waals surface area contributed by atoms with E-state index in [2.05, 4.69) is 66.8 Å². The Morgan fingerprint density at radius 2 is 1.65 bits per heavy atom. The molecule has 1 heteroatoms. The first-order valence-corrected chi connectivity index (χ1v) is 6.24. The van der Waals surface area contributed by atoms with Crippen LogP contribution in [0.1, 0.15) is 24.1 Å². The van der Waals surface area contributed by atoms with E-state index in [1.165, 1.54) is 23.2 Å². The fraction of sp³-hybridized carbons (Fsp3) is 0.250. The number of anilines is 1. The normalized spacial score (nSPS) is 22.2. The molecule has 2 atom stereocenters. The zero-order valence-corrected chi connectivity index (χ0v) is 10.1. The molecule has 17 heavy (non-hydrogen) atoms. The van der Waals surface area contributed by atoms with Crippen LogP contribution < -0.4 is 5.32 Å². The van der Waals surface area contributed by atoms with Gasteiger partial charge in [0.15, 0.2) is 0 Å². The molecule has 2 aromatic rings. The van der Waals surface area contributed by atoms with E-state index in [1.807, 2.05) is 0 Å². The molecule has 0 saturated heterocycles. The van der Waals surface area contributed by atoms with E-state index in [4.69, 9.17) is 0 Å². The van der Waals surface area contributed by atoms with E-state index in [1.54, 1.807) is 0 Å². The van der Waals surface area contributed by atoms with E-state index in [0.717, 1.165) is 0 Å². The van der Waals surface area contributed by atoms with Gasteiger partial charge in [-0.1, -0.05) is 49.4 Å². The van der Waals surface area contributed by atoms with E-state index in [9.17, 15) is 0 Å². The van der Waals surface area contributed by atoms with Crippen LogP contribution in [0, 0.1) is 5.92 Å². The van der Waals surface area contributed by atoms with Gasteiger partial charge in [-0.25, -0.2) is 0 Å². The molecule has 0 aliphatic heterocycles. The highest BCUT2D eigenvalue weighted by Gasteiger charge is 2.28. The number of fused-ring (bicyclic) bond motifs is 1. The van der Waals surface area contributed by atoms with Crippen molar-refractivity contribution >= 4 is 5.69 Å². The van der Waals surface area contributed by atoms with Crippen LogP contribution in [0.2, 0.25) is 0 Å². The van der Waals surface area contributed by atoms with Gasteiger partial charge in [-0.3, -0.25) is 0 Å². The van der Waals surface area contributed by atoms with Gasteiger partial charge in [0, 0.05) is 5.69 Å². The summed E-state index contributed by atoms with van der Waals surface area (Å²) in [5, 5.41) is 3.65. The number of nitrogens with one attached hydrogen (secondary N) is 1. The van der Waals surface area contributed by atoms with E-state index in [0.29, 0.717) is 12.0 Å². The van der Waals surface area contributed by atoms with Crippen LogP contribution in [0.4, 0.5) is 5.69 Å². The number of hydrogen-bond donors (Lipinski definition) is 1. The van der Waals surface area contributed by atoms with Crippen LogP contribution in [-0.4, -0.2) is 0 Å². The third kappa shape index (κ3) is 1.93. The van der Waals surface area contributed by atoms with Crippen LogP contribution >= 0.6 is 0 Å². The number of benzene rings is 2. The fourth-order valence-electron chi connectivity index (χ4n) is 2.73. The Hall–Kier alpha value is -1.76. The Labute approximate surface area is 102 Å². The minimum absolute atomic E-state index is 0.452. The lowest BCUT2D eigenvalue weighted by molar-refractivity contribution is 0.542. The van der Waals surface area contributed by atoms with Crippen LogP contribution in [0.3, 0.4) is 0 Å². The summed E-state index contributed by atoms with van der Waals surface area (Å²) in [4.78, 5) is 0. The molecular formula is C16H17N. The van der Waals surface area contributed by atoms with Gasteiger partial charge in [0.2, 0.25) is 0 Å². The quantitative estimate of drug-likeness (QED) is 0.810. The molecule has 0 heterocycles. The lowest BCUT2D eigenvalue weighted by Crippen LogP contribution is -2.14. The molecule has 1 N–H and O–H groups in total. The Morgan fingerprint density at radius 1 is 0.941 bits per heavy atom. The Kier molecular flexibility index (Phi) is 2.60. The fourth-order valence-corrected chi connectivity index (χ4v) is 2.73. The molecular weight excluding hydrogens is 206 g/mol. The van der Waals surface area contributed by atoms with Gasteiger partial charge >= 0.3 is 0 Å². The molecule has 0 unspecified atom stereocenters. The molecule has 0 bridgehead atoms. The van der Waals surface area contributed by atoms with Gasteiger partial charge in [-0.05, 0) is 35.6 Å². The first-order chi connectivity index (χ1) is 8.34. The van der Waals surface area contributed by atoms with Crippen LogP contribution in [0.25, 0.3) is 0 Å². The van der Waals surface area contributed by atoms with Gasteiger partial charge < -0.3 is 5.32 Å². The third-order valence-electron chi connectivity index (χ3n) is 3.60. The molecule has 1 nitrogen and oxygen atoms in total. The zero-order valence-electron chi connectivity index (χ0n) is 10.1. The van der Waals surface area contributed by atoms with Crippen molar-refractivity contribution in [2.45, 2.75) is 19.4 Å². The summed E-state index contributed by atoms with van der Waals surface area (Å²) < 4.78 is 0. The molecule has 86 valence electrons. The highest BCUT2D eigenvalue weighted by Crippen LogP contribution is 2.37. The van der Waals surface area contributed by atoms with Crippen molar-refractivity contribution in [1.29, 1.82) is 0 Å². The lowest BCUT2D eigenvalue weighted by Gasteiger charge is -2.20. The molecule has 0 amide bonds. The van der Waals surface area contributed by atoms with E-state index in [-0.39, 0.29) is 0 Å². The topological polar surface area (TPSA) is 12.0 Å².